The highest BCUT2D eigenvalue weighted by Gasteiger charge is 1.97. The smallest absolute Gasteiger partial charge is 0.0778 e. The molecule has 42 valence electrons. The molecule has 1 rings (SSSR count). The molecule has 1 aliphatic rings. The number of nitrogens with one attached hydrogen (secondary N) is 3. The maximum absolute atomic E-state index is 8.14. The van der Waals surface area contributed by atoms with Crippen LogP contribution in [0.25, 0.3) is 0 Å². The van der Waals surface area contributed by atoms with Gasteiger partial charge in [0.1, 0.15) is 0 Å². The van der Waals surface area contributed by atoms with E-state index in [1.165, 1.54) is 0 Å². The summed E-state index contributed by atoms with van der Waals surface area (Å²) in [4.78, 5) is 0. The van der Waals surface area contributed by atoms with Crippen LogP contribution in [-0.4, -0.2) is 0 Å². The lowest BCUT2D eigenvalue weighted by Crippen LogP contribution is -2.31. The highest BCUT2D eigenvalue weighted by molar-refractivity contribution is 5.05. The first-order valence-electron chi connectivity index (χ1n) is 2.26. The Labute approximate surface area is 47.1 Å². The van der Waals surface area contributed by atoms with Crippen LogP contribution in [0.15, 0.2) is 11.9 Å². The Morgan fingerprint density at radius 2 is 2.62 bits per heavy atom. The summed E-state index contributed by atoms with van der Waals surface area (Å²) in [5.41, 5.74) is 8.90. The Balaban J connectivity index is 2.36. The van der Waals surface area contributed by atoms with Crippen molar-refractivity contribution in [3.05, 3.63) is 11.9 Å². The van der Waals surface area contributed by atoms with E-state index in [2.05, 4.69) is 16.4 Å². The van der Waals surface area contributed by atoms with Gasteiger partial charge in [0.2, 0.25) is 0 Å². The van der Waals surface area contributed by atoms with E-state index in [1.807, 2.05) is 6.07 Å². The SMILES string of the molecule is N#CCC1=CNNN1. The minimum absolute atomic E-state index is 0.417. The normalized spacial score (nSPS) is 15.6. The van der Waals surface area contributed by atoms with Crippen LogP contribution in [0.4, 0.5) is 0 Å². The summed E-state index contributed by atoms with van der Waals surface area (Å²) in [6.07, 6.45) is 2.13. The fourth-order valence-electron chi connectivity index (χ4n) is 0.456. The number of nitrogens with zero attached hydrogens (tertiary/aromatic N) is 1. The molecule has 0 spiro atoms. The van der Waals surface area contributed by atoms with E-state index in [9.17, 15) is 0 Å². The lowest BCUT2D eigenvalue weighted by atomic mass is 10.4. The average Bonchev–Trinajstić information content (AvgIpc) is 2.19. The van der Waals surface area contributed by atoms with E-state index >= 15 is 0 Å². The topological polar surface area (TPSA) is 59.9 Å². The van der Waals surface area contributed by atoms with Crippen molar-refractivity contribution in [2.24, 2.45) is 0 Å². The predicted octanol–water partition coefficient (Wildman–Crippen LogP) is -0.646. The molecule has 0 aliphatic carbocycles. The number of hydrogen-bond acceptors (Lipinski definition) is 4. The second-order valence-electron chi connectivity index (χ2n) is 1.40. The van der Waals surface area contributed by atoms with Crippen molar-refractivity contribution in [2.45, 2.75) is 6.42 Å². The van der Waals surface area contributed by atoms with E-state index in [4.69, 9.17) is 5.26 Å². The van der Waals surface area contributed by atoms with Crippen molar-refractivity contribution >= 4 is 0 Å². The Morgan fingerprint density at radius 3 is 3.12 bits per heavy atom. The third-order valence-electron chi connectivity index (χ3n) is 0.811. The molecule has 0 saturated heterocycles. The van der Waals surface area contributed by atoms with Crippen LogP contribution in [0.3, 0.4) is 0 Å². The lowest BCUT2D eigenvalue weighted by molar-refractivity contribution is 0.596. The Kier molecular flexibility index (Phi) is 1.35. The summed E-state index contributed by atoms with van der Waals surface area (Å²) in [5.74, 6) is 0. The van der Waals surface area contributed by atoms with Gasteiger partial charge in [0.05, 0.1) is 18.2 Å². The van der Waals surface area contributed by atoms with Crippen LogP contribution in [0.5, 0.6) is 0 Å². The third-order valence-corrected chi connectivity index (χ3v) is 0.811. The molecule has 0 amide bonds. The minimum atomic E-state index is 0.417. The number of rotatable bonds is 1. The van der Waals surface area contributed by atoms with Crippen molar-refractivity contribution in [1.82, 2.24) is 16.4 Å². The molecule has 0 saturated carbocycles. The Bertz CT molecular complexity index is 143. The van der Waals surface area contributed by atoms with Gasteiger partial charge in [-0.15, -0.1) is 0 Å². The summed E-state index contributed by atoms with van der Waals surface area (Å²) in [7, 11) is 0. The molecule has 4 heteroatoms. The van der Waals surface area contributed by atoms with Crippen LogP contribution >= 0.6 is 0 Å². The molecular formula is C4H6N4. The summed E-state index contributed by atoms with van der Waals surface area (Å²) >= 11 is 0. The van der Waals surface area contributed by atoms with E-state index < -0.39 is 0 Å². The zero-order valence-electron chi connectivity index (χ0n) is 4.23. The fourth-order valence-corrected chi connectivity index (χ4v) is 0.456. The summed E-state index contributed by atoms with van der Waals surface area (Å²) < 4.78 is 0. The Morgan fingerprint density at radius 1 is 1.75 bits per heavy atom. The summed E-state index contributed by atoms with van der Waals surface area (Å²) in [5, 5.41) is 8.14. The van der Waals surface area contributed by atoms with Crippen LogP contribution < -0.4 is 16.4 Å². The summed E-state index contributed by atoms with van der Waals surface area (Å²) in [6, 6.07) is 2.00. The van der Waals surface area contributed by atoms with Gasteiger partial charge in [0.15, 0.2) is 0 Å². The van der Waals surface area contributed by atoms with Gasteiger partial charge in [0, 0.05) is 6.20 Å². The number of hydrazine groups is 2. The van der Waals surface area contributed by atoms with Gasteiger partial charge < -0.3 is 10.9 Å². The molecular weight excluding hydrogens is 104 g/mol. The van der Waals surface area contributed by atoms with E-state index in [-0.39, 0.29) is 0 Å². The van der Waals surface area contributed by atoms with Gasteiger partial charge in [0.25, 0.3) is 0 Å². The monoisotopic (exact) mass is 110 g/mol. The maximum atomic E-state index is 8.14. The quantitative estimate of drug-likeness (QED) is 0.420. The second kappa shape index (κ2) is 2.19. The van der Waals surface area contributed by atoms with E-state index in [0.29, 0.717) is 6.42 Å². The number of nitriles is 1. The Hall–Kier alpha value is -1.21. The number of allylic oxidation sites excluding steroid dienone is 1. The van der Waals surface area contributed by atoms with E-state index in [1.54, 1.807) is 6.20 Å². The average molecular weight is 110 g/mol. The fraction of sp³-hybridized carbons (Fsp3) is 0.250. The highest BCUT2D eigenvalue weighted by Crippen LogP contribution is 1.92. The van der Waals surface area contributed by atoms with Gasteiger partial charge in [-0.1, -0.05) is 0 Å². The molecule has 4 nitrogen and oxygen atoms in total. The zero-order chi connectivity index (χ0) is 5.82. The molecule has 0 radical (unpaired) electrons. The molecule has 0 bridgehead atoms. The lowest BCUT2D eigenvalue weighted by Gasteiger charge is -1.93. The first-order chi connectivity index (χ1) is 3.93. The van der Waals surface area contributed by atoms with Crippen molar-refractivity contribution in [2.75, 3.05) is 0 Å². The van der Waals surface area contributed by atoms with Crippen molar-refractivity contribution < 1.29 is 0 Å². The highest BCUT2D eigenvalue weighted by atomic mass is 15.6. The molecule has 1 aliphatic heterocycles. The van der Waals surface area contributed by atoms with Gasteiger partial charge in [-0.3, -0.25) is 0 Å². The van der Waals surface area contributed by atoms with Gasteiger partial charge in [-0.25, -0.2) is 0 Å². The largest absolute Gasteiger partial charge is 0.310 e. The zero-order valence-corrected chi connectivity index (χ0v) is 4.23. The minimum Gasteiger partial charge on any atom is -0.310 e. The first kappa shape index (κ1) is 4.94. The first-order valence-corrected chi connectivity index (χ1v) is 2.26. The van der Waals surface area contributed by atoms with E-state index in [0.717, 1.165) is 5.70 Å². The third kappa shape index (κ3) is 0.891. The van der Waals surface area contributed by atoms with Crippen LogP contribution in [0, 0.1) is 11.3 Å². The van der Waals surface area contributed by atoms with Gasteiger partial charge >= 0.3 is 0 Å². The van der Waals surface area contributed by atoms with Crippen LogP contribution in [0.2, 0.25) is 0 Å². The molecule has 8 heavy (non-hydrogen) atoms. The standard InChI is InChI=1S/C4H6N4/c5-2-1-4-3-6-8-7-4/h3,6-8H,1H2. The van der Waals surface area contributed by atoms with Crippen molar-refractivity contribution in [3.63, 3.8) is 0 Å². The van der Waals surface area contributed by atoms with Crippen molar-refractivity contribution in [1.29, 1.82) is 5.26 Å². The predicted molar refractivity (Wildman–Crippen MR) is 27.7 cm³/mol. The number of hydrogen-bond donors (Lipinski definition) is 3. The molecule has 0 aromatic rings. The molecule has 0 unspecified atom stereocenters. The van der Waals surface area contributed by atoms with Gasteiger partial charge in [-0.05, 0) is 0 Å². The van der Waals surface area contributed by atoms with Crippen LogP contribution in [-0.2, 0) is 0 Å². The molecule has 0 fully saturated rings. The van der Waals surface area contributed by atoms with Gasteiger partial charge in [-0.2, -0.15) is 10.8 Å². The molecule has 3 N–H and O–H groups in total. The maximum Gasteiger partial charge on any atom is 0.0778 e. The van der Waals surface area contributed by atoms with Crippen LogP contribution in [0.1, 0.15) is 6.42 Å². The molecule has 0 atom stereocenters. The second-order valence-corrected chi connectivity index (χ2v) is 1.40. The molecule has 1 heterocycles. The van der Waals surface area contributed by atoms with Crippen molar-refractivity contribution in [3.8, 4) is 6.07 Å². The molecule has 0 aromatic carbocycles. The molecule has 0 aromatic heterocycles. The summed E-state index contributed by atoms with van der Waals surface area (Å²) in [6.45, 7) is 0.